The number of ether oxygens (including phenoxy) is 1. The normalized spacial score (nSPS) is 11.3. The lowest BCUT2D eigenvalue weighted by atomic mass is 10.1. The van der Waals surface area contributed by atoms with E-state index < -0.39 is 12.1 Å². The van der Waals surface area contributed by atoms with E-state index in [9.17, 15) is 9.59 Å². The lowest BCUT2D eigenvalue weighted by Crippen LogP contribution is -2.14. The molecule has 0 heterocycles. The van der Waals surface area contributed by atoms with E-state index in [4.69, 9.17) is 22.8 Å². The van der Waals surface area contributed by atoms with Crippen molar-refractivity contribution in [2.45, 2.75) is 12.5 Å². The Morgan fingerprint density at radius 2 is 1.86 bits per heavy atom. The van der Waals surface area contributed by atoms with Crippen molar-refractivity contribution in [1.29, 1.82) is 0 Å². The molecule has 0 aromatic heterocycles. The Morgan fingerprint density at radius 1 is 1.14 bits per heavy atom. The van der Waals surface area contributed by atoms with Crippen molar-refractivity contribution >= 4 is 23.4 Å². The molecule has 2 rings (SSSR count). The lowest BCUT2D eigenvalue weighted by Gasteiger charge is -2.12. The summed E-state index contributed by atoms with van der Waals surface area (Å²) in [5.74, 6) is 1.36. The van der Waals surface area contributed by atoms with Gasteiger partial charge in [-0.05, 0) is 12.1 Å². The molecule has 0 saturated carbocycles. The van der Waals surface area contributed by atoms with Crippen molar-refractivity contribution in [2.75, 3.05) is 0 Å². The molecule has 110 valence electrons. The van der Waals surface area contributed by atoms with Crippen molar-refractivity contribution < 1.29 is 14.3 Å². The highest BCUT2D eigenvalue weighted by molar-refractivity contribution is 6.31. The van der Waals surface area contributed by atoms with Gasteiger partial charge in [-0.3, -0.25) is 9.59 Å². The molecule has 0 aliphatic rings. The van der Waals surface area contributed by atoms with Crippen LogP contribution in [-0.4, -0.2) is 11.8 Å². The Bertz CT molecular complexity index is 717. The van der Waals surface area contributed by atoms with Gasteiger partial charge in [-0.15, -0.1) is 6.42 Å². The summed E-state index contributed by atoms with van der Waals surface area (Å²) >= 11 is 5.82. The summed E-state index contributed by atoms with van der Waals surface area (Å²) in [7, 11) is 0. The van der Waals surface area contributed by atoms with Crippen LogP contribution in [0, 0.1) is 12.3 Å². The smallest absolute Gasteiger partial charge is 0.315 e. The number of hydrogen-bond acceptors (Lipinski definition) is 3. The van der Waals surface area contributed by atoms with E-state index in [0.29, 0.717) is 16.1 Å². The summed E-state index contributed by atoms with van der Waals surface area (Å²) in [4.78, 5) is 23.9. The van der Waals surface area contributed by atoms with Crippen molar-refractivity contribution in [3.8, 4) is 12.3 Å². The first kappa shape index (κ1) is 15.8. The molecular weight excluding hydrogens is 300 g/mol. The second-order valence-electron chi connectivity index (χ2n) is 4.56. The molecule has 0 radical (unpaired) electrons. The Balaban J connectivity index is 2.00. The molecule has 0 fully saturated rings. The zero-order valence-corrected chi connectivity index (χ0v) is 12.4. The van der Waals surface area contributed by atoms with E-state index in [2.05, 4.69) is 5.92 Å². The van der Waals surface area contributed by atoms with Gasteiger partial charge in [-0.2, -0.15) is 0 Å². The van der Waals surface area contributed by atoms with Crippen molar-refractivity contribution in [3.05, 3.63) is 70.7 Å². The van der Waals surface area contributed by atoms with Gasteiger partial charge in [0.2, 0.25) is 0 Å². The summed E-state index contributed by atoms with van der Waals surface area (Å²) in [5.41, 5.74) is 1.05. The number of hydrogen-bond donors (Lipinski definition) is 0. The van der Waals surface area contributed by atoms with Crippen LogP contribution in [0.4, 0.5) is 0 Å². The minimum atomic E-state index is -0.805. The van der Waals surface area contributed by atoms with Gasteiger partial charge in [0.25, 0.3) is 0 Å². The van der Waals surface area contributed by atoms with Crippen molar-refractivity contribution in [3.63, 3.8) is 0 Å². The molecule has 4 heteroatoms. The fourth-order valence-electron chi connectivity index (χ4n) is 1.89. The fraction of sp³-hybridized carbons (Fsp3) is 0.111. The number of rotatable bonds is 5. The van der Waals surface area contributed by atoms with Crippen LogP contribution in [0.3, 0.4) is 0 Å². The van der Waals surface area contributed by atoms with Crippen LogP contribution in [0.25, 0.3) is 0 Å². The Hall–Kier alpha value is -2.57. The van der Waals surface area contributed by atoms with Crippen LogP contribution >= 0.6 is 11.6 Å². The molecule has 2 aromatic rings. The van der Waals surface area contributed by atoms with Crippen LogP contribution in [0.15, 0.2) is 54.6 Å². The SMILES string of the molecule is C#CC(OC(=O)CC(=O)c1cccc(Cl)c1)c1ccccc1. The fourth-order valence-corrected chi connectivity index (χ4v) is 2.08. The highest BCUT2D eigenvalue weighted by atomic mass is 35.5. The number of carbonyl (C=O) groups is 2. The van der Waals surface area contributed by atoms with Crippen LogP contribution in [0.2, 0.25) is 5.02 Å². The van der Waals surface area contributed by atoms with Crippen LogP contribution < -0.4 is 0 Å². The predicted octanol–water partition coefficient (Wildman–Crippen LogP) is 3.83. The van der Waals surface area contributed by atoms with E-state index in [0.717, 1.165) is 0 Å². The monoisotopic (exact) mass is 312 g/mol. The number of Topliss-reactive ketones (excluding diaryl/α,β-unsaturated/α-hetero) is 1. The van der Waals surface area contributed by atoms with Gasteiger partial charge in [-0.1, -0.05) is 60.0 Å². The van der Waals surface area contributed by atoms with Crippen molar-refractivity contribution in [1.82, 2.24) is 0 Å². The number of carbonyl (C=O) groups excluding carboxylic acids is 2. The Labute approximate surface area is 133 Å². The summed E-state index contributed by atoms with van der Waals surface area (Å²) < 4.78 is 5.18. The van der Waals surface area contributed by atoms with E-state index >= 15 is 0 Å². The van der Waals surface area contributed by atoms with E-state index in [-0.39, 0.29) is 12.2 Å². The third kappa shape index (κ3) is 4.21. The van der Waals surface area contributed by atoms with Gasteiger partial charge < -0.3 is 4.74 Å². The zero-order chi connectivity index (χ0) is 15.9. The second kappa shape index (κ2) is 7.44. The van der Waals surface area contributed by atoms with Gasteiger partial charge in [0, 0.05) is 16.1 Å². The molecular formula is C18H13ClO3. The molecule has 1 atom stereocenters. The van der Waals surface area contributed by atoms with Crippen molar-refractivity contribution in [2.24, 2.45) is 0 Å². The molecule has 2 aromatic carbocycles. The van der Waals surface area contributed by atoms with Gasteiger partial charge in [-0.25, -0.2) is 0 Å². The predicted molar refractivity (Wildman–Crippen MR) is 84.5 cm³/mol. The van der Waals surface area contributed by atoms with Gasteiger partial charge >= 0.3 is 5.97 Å². The number of esters is 1. The largest absolute Gasteiger partial charge is 0.444 e. The first-order chi connectivity index (χ1) is 10.6. The van der Waals surface area contributed by atoms with Gasteiger partial charge in [0.1, 0.15) is 6.42 Å². The summed E-state index contributed by atoms with van der Waals surface area (Å²) in [6, 6.07) is 15.4. The van der Waals surface area contributed by atoms with Gasteiger partial charge in [0.15, 0.2) is 11.9 Å². The Kier molecular flexibility index (Phi) is 5.35. The second-order valence-corrected chi connectivity index (χ2v) is 4.99. The molecule has 0 N–H and O–H groups in total. The minimum Gasteiger partial charge on any atom is -0.444 e. The third-order valence-corrected chi connectivity index (χ3v) is 3.19. The van der Waals surface area contributed by atoms with E-state index in [1.807, 2.05) is 6.07 Å². The van der Waals surface area contributed by atoms with Crippen LogP contribution in [-0.2, 0) is 9.53 Å². The summed E-state index contributed by atoms with van der Waals surface area (Å²) in [6.07, 6.45) is 4.20. The maximum atomic E-state index is 12.0. The first-order valence-electron chi connectivity index (χ1n) is 6.59. The molecule has 0 saturated heterocycles. The molecule has 3 nitrogen and oxygen atoms in total. The molecule has 1 unspecified atom stereocenters. The van der Waals surface area contributed by atoms with E-state index in [1.165, 1.54) is 6.07 Å². The molecule has 0 aliphatic heterocycles. The average molecular weight is 313 g/mol. The highest BCUT2D eigenvalue weighted by Gasteiger charge is 2.18. The first-order valence-corrected chi connectivity index (χ1v) is 6.97. The third-order valence-electron chi connectivity index (χ3n) is 2.95. The maximum Gasteiger partial charge on any atom is 0.315 e. The summed E-state index contributed by atoms with van der Waals surface area (Å²) in [5, 5.41) is 0.435. The molecule has 0 bridgehead atoms. The molecule has 0 spiro atoms. The average Bonchev–Trinajstić information content (AvgIpc) is 2.53. The number of halogens is 1. The molecule has 0 amide bonds. The number of terminal acetylenes is 1. The van der Waals surface area contributed by atoms with E-state index in [1.54, 1.807) is 42.5 Å². The maximum absolute atomic E-state index is 12.0. The Morgan fingerprint density at radius 3 is 2.50 bits per heavy atom. The number of ketones is 1. The summed E-state index contributed by atoms with van der Waals surface area (Å²) in [6.45, 7) is 0. The topological polar surface area (TPSA) is 43.4 Å². The quantitative estimate of drug-likeness (QED) is 0.365. The van der Waals surface area contributed by atoms with Crippen LogP contribution in [0.5, 0.6) is 0 Å². The standard InChI is InChI=1S/C18H13ClO3/c1-2-17(13-7-4-3-5-8-13)22-18(21)12-16(20)14-9-6-10-15(19)11-14/h1,3-11,17H,12H2. The minimum absolute atomic E-state index is 0.362. The van der Waals surface area contributed by atoms with Gasteiger partial charge in [0.05, 0.1) is 0 Å². The lowest BCUT2D eigenvalue weighted by molar-refractivity contribution is -0.145. The molecule has 0 aliphatic carbocycles. The highest BCUT2D eigenvalue weighted by Crippen LogP contribution is 2.18. The molecule has 22 heavy (non-hydrogen) atoms. The number of benzene rings is 2. The zero-order valence-electron chi connectivity index (χ0n) is 11.7. The van der Waals surface area contributed by atoms with Crippen LogP contribution in [0.1, 0.15) is 28.4 Å².